The maximum atomic E-state index is 12.7. The summed E-state index contributed by atoms with van der Waals surface area (Å²) in [7, 11) is -0.955. The molecule has 0 aliphatic heterocycles. The molecule has 0 amide bonds. The van der Waals surface area contributed by atoms with Crippen molar-refractivity contribution in [2.75, 3.05) is 0 Å². The molecule has 0 heterocycles. The highest BCUT2D eigenvalue weighted by Crippen LogP contribution is 2.25. The second kappa shape index (κ2) is 6.48. The minimum Gasteiger partial charge on any atom is -0.327 e. The number of benzene rings is 1. The van der Waals surface area contributed by atoms with Crippen LogP contribution in [-0.4, -0.2) is 15.5 Å². The van der Waals surface area contributed by atoms with E-state index in [0.29, 0.717) is 0 Å². The summed E-state index contributed by atoms with van der Waals surface area (Å²) in [6.07, 6.45) is 6.90. The van der Waals surface area contributed by atoms with E-state index in [0.717, 1.165) is 29.7 Å². The monoisotopic (exact) mass is 265 g/mol. The van der Waals surface area contributed by atoms with Crippen molar-refractivity contribution in [3.63, 3.8) is 0 Å². The summed E-state index contributed by atoms with van der Waals surface area (Å²) in [5.74, 6) is 0. The third kappa shape index (κ3) is 3.21. The molecule has 3 unspecified atom stereocenters. The Morgan fingerprint density at radius 1 is 1.11 bits per heavy atom. The van der Waals surface area contributed by atoms with E-state index in [1.165, 1.54) is 19.3 Å². The SMILES string of the molecule is Cc1ccccc1S(=O)C1CCCCCCC1N. The molecule has 1 saturated carbocycles. The Morgan fingerprint density at radius 2 is 1.78 bits per heavy atom. The molecular weight excluding hydrogens is 242 g/mol. The number of hydrogen-bond donors (Lipinski definition) is 1. The fraction of sp³-hybridized carbons (Fsp3) is 0.600. The first-order valence-corrected chi connectivity index (χ1v) is 8.13. The zero-order chi connectivity index (χ0) is 13.0. The van der Waals surface area contributed by atoms with Crippen molar-refractivity contribution in [1.82, 2.24) is 0 Å². The maximum absolute atomic E-state index is 12.7. The van der Waals surface area contributed by atoms with Crippen molar-refractivity contribution in [1.29, 1.82) is 0 Å². The van der Waals surface area contributed by atoms with Crippen molar-refractivity contribution < 1.29 is 4.21 Å². The van der Waals surface area contributed by atoms with Crippen LogP contribution in [0.25, 0.3) is 0 Å². The summed E-state index contributed by atoms with van der Waals surface area (Å²) >= 11 is 0. The summed E-state index contributed by atoms with van der Waals surface area (Å²) in [6, 6.07) is 8.06. The summed E-state index contributed by atoms with van der Waals surface area (Å²) in [4.78, 5) is 0.971. The van der Waals surface area contributed by atoms with Gasteiger partial charge in [-0.25, -0.2) is 0 Å². The molecule has 2 rings (SSSR count). The number of aryl methyl sites for hydroxylation is 1. The standard InChI is InChI=1S/C15H23NOS/c1-12-8-6-7-10-14(12)18(17)15-11-5-3-2-4-9-13(15)16/h6-8,10,13,15H,2-5,9,11,16H2,1H3. The molecule has 0 aromatic heterocycles. The third-order valence-corrected chi connectivity index (χ3v) is 5.87. The second-order valence-corrected chi connectivity index (χ2v) is 6.90. The van der Waals surface area contributed by atoms with Crippen molar-refractivity contribution in [3.8, 4) is 0 Å². The smallest absolute Gasteiger partial charge is 0.0579 e. The first-order chi connectivity index (χ1) is 8.70. The van der Waals surface area contributed by atoms with E-state index in [1.807, 2.05) is 31.2 Å². The Labute approximate surface area is 112 Å². The Balaban J connectivity index is 2.18. The Morgan fingerprint density at radius 3 is 2.50 bits per heavy atom. The molecule has 1 aliphatic carbocycles. The van der Waals surface area contributed by atoms with Crippen LogP contribution in [0, 0.1) is 6.92 Å². The number of rotatable bonds is 2. The Hall–Kier alpha value is -0.670. The van der Waals surface area contributed by atoms with Gasteiger partial charge < -0.3 is 5.73 Å². The first-order valence-electron chi connectivity index (χ1n) is 6.92. The maximum Gasteiger partial charge on any atom is 0.0579 e. The van der Waals surface area contributed by atoms with Gasteiger partial charge in [-0.05, 0) is 31.4 Å². The van der Waals surface area contributed by atoms with E-state index in [4.69, 9.17) is 5.73 Å². The van der Waals surface area contributed by atoms with E-state index in [-0.39, 0.29) is 11.3 Å². The molecule has 3 heteroatoms. The lowest BCUT2D eigenvalue weighted by atomic mass is 9.97. The van der Waals surface area contributed by atoms with Crippen LogP contribution in [0.15, 0.2) is 29.2 Å². The largest absolute Gasteiger partial charge is 0.327 e. The highest BCUT2D eigenvalue weighted by molar-refractivity contribution is 7.85. The molecule has 1 aromatic carbocycles. The fourth-order valence-corrected chi connectivity index (χ4v) is 4.45. The van der Waals surface area contributed by atoms with Gasteiger partial charge in [0.05, 0.1) is 16.0 Å². The highest BCUT2D eigenvalue weighted by Gasteiger charge is 2.26. The van der Waals surface area contributed by atoms with Crippen LogP contribution in [0.2, 0.25) is 0 Å². The molecule has 1 fully saturated rings. The minimum atomic E-state index is -0.955. The molecule has 2 N–H and O–H groups in total. The molecule has 0 spiro atoms. The van der Waals surface area contributed by atoms with Crippen LogP contribution >= 0.6 is 0 Å². The molecule has 100 valence electrons. The number of nitrogens with two attached hydrogens (primary N) is 1. The average Bonchev–Trinajstić information content (AvgIpc) is 2.34. The van der Waals surface area contributed by atoms with Crippen molar-refractivity contribution in [3.05, 3.63) is 29.8 Å². The molecule has 0 saturated heterocycles. The second-order valence-electron chi connectivity index (χ2n) is 5.26. The zero-order valence-corrected chi connectivity index (χ0v) is 11.9. The lowest BCUT2D eigenvalue weighted by Crippen LogP contribution is -2.38. The minimum absolute atomic E-state index is 0.0886. The van der Waals surface area contributed by atoms with Crippen LogP contribution in [0.4, 0.5) is 0 Å². The van der Waals surface area contributed by atoms with Gasteiger partial charge >= 0.3 is 0 Å². The highest BCUT2D eigenvalue weighted by atomic mass is 32.2. The first kappa shape index (κ1) is 13.8. The topological polar surface area (TPSA) is 43.1 Å². The summed E-state index contributed by atoms with van der Waals surface area (Å²) in [6.45, 7) is 2.03. The van der Waals surface area contributed by atoms with Gasteiger partial charge in [-0.2, -0.15) is 0 Å². The van der Waals surface area contributed by atoms with Crippen molar-refractivity contribution >= 4 is 10.8 Å². The average molecular weight is 265 g/mol. The van der Waals surface area contributed by atoms with Gasteiger partial charge in [-0.1, -0.05) is 43.9 Å². The predicted octanol–water partition coefficient (Wildman–Crippen LogP) is 3.15. The van der Waals surface area contributed by atoms with Gasteiger partial charge in [0.2, 0.25) is 0 Å². The molecule has 1 aromatic rings. The van der Waals surface area contributed by atoms with Gasteiger partial charge in [0, 0.05) is 10.9 Å². The van der Waals surface area contributed by atoms with Gasteiger partial charge in [0.15, 0.2) is 0 Å². The third-order valence-electron chi connectivity index (χ3n) is 3.84. The van der Waals surface area contributed by atoms with Crippen LogP contribution in [-0.2, 0) is 10.8 Å². The van der Waals surface area contributed by atoms with Crippen LogP contribution in [0.5, 0.6) is 0 Å². The van der Waals surface area contributed by atoms with E-state index < -0.39 is 10.8 Å². The van der Waals surface area contributed by atoms with Gasteiger partial charge in [-0.15, -0.1) is 0 Å². The van der Waals surface area contributed by atoms with E-state index in [9.17, 15) is 4.21 Å². The molecule has 18 heavy (non-hydrogen) atoms. The van der Waals surface area contributed by atoms with Crippen molar-refractivity contribution in [2.45, 2.75) is 61.6 Å². The molecular formula is C15H23NOS. The summed E-state index contributed by atoms with van der Waals surface area (Å²) in [5.41, 5.74) is 7.36. The lowest BCUT2D eigenvalue weighted by Gasteiger charge is -2.26. The van der Waals surface area contributed by atoms with Gasteiger partial charge in [-0.3, -0.25) is 4.21 Å². The quantitative estimate of drug-likeness (QED) is 0.892. The lowest BCUT2D eigenvalue weighted by molar-refractivity contribution is 0.456. The van der Waals surface area contributed by atoms with E-state index in [1.54, 1.807) is 0 Å². The summed E-state index contributed by atoms with van der Waals surface area (Å²) < 4.78 is 12.7. The molecule has 0 bridgehead atoms. The summed E-state index contributed by atoms with van der Waals surface area (Å²) in [5, 5.41) is 0.131. The van der Waals surface area contributed by atoms with E-state index >= 15 is 0 Å². The molecule has 0 radical (unpaired) electrons. The fourth-order valence-electron chi connectivity index (χ4n) is 2.69. The van der Waals surface area contributed by atoms with Crippen LogP contribution in [0.1, 0.15) is 44.1 Å². The van der Waals surface area contributed by atoms with Crippen LogP contribution < -0.4 is 5.73 Å². The normalized spacial score (nSPS) is 27.2. The predicted molar refractivity (Wildman–Crippen MR) is 77.1 cm³/mol. The molecule has 1 aliphatic rings. The van der Waals surface area contributed by atoms with Crippen molar-refractivity contribution in [2.24, 2.45) is 5.73 Å². The van der Waals surface area contributed by atoms with Gasteiger partial charge in [0.1, 0.15) is 0 Å². The Kier molecular flexibility index (Phi) is 4.95. The van der Waals surface area contributed by atoms with Crippen LogP contribution in [0.3, 0.4) is 0 Å². The molecule has 2 nitrogen and oxygen atoms in total. The van der Waals surface area contributed by atoms with Gasteiger partial charge in [0.25, 0.3) is 0 Å². The molecule has 3 atom stereocenters. The Bertz CT molecular complexity index is 419. The van der Waals surface area contributed by atoms with E-state index in [2.05, 4.69) is 0 Å². The zero-order valence-electron chi connectivity index (χ0n) is 11.1. The number of hydrogen-bond acceptors (Lipinski definition) is 2.